The van der Waals surface area contributed by atoms with Crippen LogP contribution in [-0.2, 0) is 19.1 Å². The number of amides is 2. The van der Waals surface area contributed by atoms with Gasteiger partial charge in [-0.3, -0.25) is 19.3 Å². The Morgan fingerprint density at radius 1 is 1.06 bits per heavy atom. The monoisotopic (exact) mass is 449 g/mol. The molecule has 1 spiro atoms. The van der Waals surface area contributed by atoms with E-state index in [9.17, 15) is 14.4 Å². The van der Waals surface area contributed by atoms with Crippen LogP contribution in [0.5, 0.6) is 0 Å². The number of ether oxygens (including phenoxy) is 1. The van der Waals surface area contributed by atoms with Crippen molar-refractivity contribution < 1.29 is 19.1 Å². The number of rotatable bonds is 4. The summed E-state index contributed by atoms with van der Waals surface area (Å²) in [6.07, 6.45) is 7.59. The molecule has 1 N–H and O–H groups in total. The topological polar surface area (TPSA) is 105 Å². The van der Waals surface area contributed by atoms with E-state index in [4.69, 9.17) is 4.74 Å². The van der Waals surface area contributed by atoms with Crippen molar-refractivity contribution in [2.45, 2.75) is 44.1 Å². The molecule has 1 saturated heterocycles. The second-order valence-corrected chi connectivity index (χ2v) is 8.86. The molecule has 1 aliphatic carbocycles. The van der Waals surface area contributed by atoms with Crippen molar-refractivity contribution in [1.29, 1.82) is 0 Å². The average Bonchev–Trinajstić information content (AvgIpc) is 3.34. The van der Waals surface area contributed by atoms with Crippen molar-refractivity contribution in [3.05, 3.63) is 42.7 Å². The maximum absolute atomic E-state index is 13.3. The van der Waals surface area contributed by atoms with E-state index in [1.54, 1.807) is 29.4 Å². The molecule has 9 nitrogen and oxygen atoms in total. The highest BCUT2D eigenvalue weighted by atomic mass is 16.5. The standard InChI is InChI=1S/C24H27N5O4/c30-20(16-33-21(31)17-8-14-28(15-9-17)23-25-12-5-13-26-23)29-19-7-2-1-6-18(19)27-22(32)24(29)10-3-4-11-24/h1-2,5-7,12-13,17H,3-4,8-11,14-16H2,(H,27,32). The summed E-state index contributed by atoms with van der Waals surface area (Å²) in [5, 5.41) is 2.96. The van der Waals surface area contributed by atoms with Crippen molar-refractivity contribution in [3.8, 4) is 0 Å². The number of hydrogen-bond donors (Lipinski definition) is 1. The van der Waals surface area contributed by atoms with Gasteiger partial charge in [0.1, 0.15) is 5.54 Å². The lowest BCUT2D eigenvalue weighted by atomic mass is 9.90. The number of para-hydroxylation sites is 2. The summed E-state index contributed by atoms with van der Waals surface area (Å²) in [5.74, 6) is -0.498. The number of piperidine rings is 1. The molecule has 2 amide bonds. The molecule has 0 bridgehead atoms. The lowest BCUT2D eigenvalue weighted by Crippen LogP contribution is -2.61. The van der Waals surface area contributed by atoms with Gasteiger partial charge in [0.15, 0.2) is 6.61 Å². The summed E-state index contributed by atoms with van der Waals surface area (Å²) in [5.41, 5.74) is 0.366. The van der Waals surface area contributed by atoms with E-state index in [2.05, 4.69) is 15.3 Å². The number of benzene rings is 1. The third kappa shape index (κ3) is 3.92. The maximum Gasteiger partial charge on any atom is 0.309 e. The highest BCUT2D eigenvalue weighted by molar-refractivity contribution is 6.15. The number of hydrogen-bond acceptors (Lipinski definition) is 7. The van der Waals surface area contributed by atoms with E-state index < -0.39 is 5.54 Å². The molecular formula is C24H27N5O4. The van der Waals surface area contributed by atoms with Crippen LogP contribution in [0.25, 0.3) is 0 Å². The van der Waals surface area contributed by atoms with Gasteiger partial charge in [-0.1, -0.05) is 25.0 Å². The molecule has 33 heavy (non-hydrogen) atoms. The molecule has 0 radical (unpaired) electrons. The predicted molar refractivity (Wildman–Crippen MR) is 122 cm³/mol. The quantitative estimate of drug-likeness (QED) is 0.715. The molecule has 3 aliphatic rings. The fourth-order valence-corrected chi connectivity index (χ4v) is 5.21. The van der Waals surface area contributed by atoms with Crippen LogP contribution in [0.4, 0.5) is 17.3 Å². The number of nitrogens with zero attached hydrogens (tertiary/aromatic N) is 4. The van der Waals surface area contributed by atoms with Crippen LogP contribution in [0.1, 0.15) is 38.5 Å². The molecule has 0 atom stereocenters. The Hall–Kier alpha value is -3.49. The Labute approximate surface area is 192 Å². The lowest BCUT2D eigenvalue weighted by Gasteiger charge is -2.44. The van der Waals surface area contributed by atoms with Gasteiger partial charge in [-0.05, 0) is 43.9 Å². The lowest BCUT2D eigenvalue weighted by molar-refractivity contribution is -0.153. The molecule has 2 fully saturated rings. The zero-order valence-corrected chi connectivity index (χ0v) is 18.4. The van der Waals surface area contributed by atoms with Crippen LogP contribution >= 0.6 is 0 Å². The first kappa shape index (κ1) is 21.4. The summed E-state index contributed by atoms with van der Waals surface area (Å²) < 4.78 is 5.48. The number of carbonyl (C=O) groups excluding carboxylic acids is 3. The molecule has 2 aromatic rings. The van der Waals surface area contributed by atoms with Gasteiger partial charge < -0.3 is 15.0 Å². The van der Waals surface area contributed by atoms with Gasteiger partial charge >= 0.3 is 5.97 Å². The molecule has 2 aliphatic heterocycles. The minimum absolute atomic E-state index is 0.158. The largest absolute Gasteiger partial charge is 0.455 e. The van der Waals surface area contributed by atoms with E-state index in [0.717, 1.165) is 12.8 Å². The zero-order chi connectivity index (χ0) is 22.8. The fourth-order valence-electron chi connectivity index (χ4n) is 5.21. The molecule has 9 heteroatoms. The molecule has 1 aromatic carbocycles. The molecule has 172 valence electrons. The van der Waals surface area contributed by atoms with Gasteiger partial charge in [-0.2, -0.15) is 0 Å². The SMILES string of the molecule is O=C(OCC(=O)N1c2ccccc2NC(=O)C12CCCC2)C1CCN(c2ncccn2)CC1. The molecule has 1 saturated carbocycles. The summed E-state index contributed by atoms with van der Waals surface area (Å²) >= 11 is 0. The Morgan fingerprint density at radius 3 is 2.48 bits per heavy atom. The van der Waals surface area contributed by atoms with Gasteiger partial charge in [0, 0.05) is 25.5 Å². The highest BCUT2D eigenvalue weighted by Gasteiger charge is 2.52. The molecule has 1 aromatic heterocycles. The second kappa shape index (κ2) is 8.80. The van der Waals surface area contributed by atoms with E-state index >= 15 is 0 Å². The Morgan fingerprint density at radius 2 is 1.76 bits per heavy atom. The second-order valence-electron chi connectivity index (χ2n) is 8.86. The van der Waals surface area contributed by atoms with E-state index in [-0.39, 0.29) is 30.3 Å². The number of nitrogens with one attached hydrogen (secondary N) is 1. The van der Waals surface area contributed by atoms with Crippen LogP contribution in [0.3, 0.4) is 0 Å². The first-order chi connectivity index (χ1) is 16.1. The first-order valence-electron chi connectivity index (χ1n) is 11.5. The van der Waals surface area contributed by atoms with Gasteiger partial charge in [0.2, 0.25) is 5.95 Å². The van der Waals surface area contributed by atoms with Gasteiger partial charge in [0.05, 0.1) is 17.3 Å². The highest BCUT2D eigenvalue weighted by Crippen LogP contribution is 2.45. The van der Waals surface area contributed by atoms with Crippen LogP contribution in [0.15, 0.2) is 42.7 Å². The number of esters is 1. The van der Waals surface area contributed by atoms with Crippen LogP contribution in [0, 0.1) is 5.92 Å². The summed E-state index contributed by atoms with van der Waals surface area (Å²) in [7, 11) is 0. The Bertz CT molecular complexity index is 1050. The summed E-state index contributed by atoms with van der Waals surface area (Å²) in [6.45, 7) is 0.936. The van der Waals surface area contributed by atoms with Gasteiger partial charge in [-0.25, -0.2) is 9.97 Å². The predicted octanol–water partition coefficient (Wildman–Crippen LogP) is 2.53. The van der Waals surface area contributed by atoms with Crippen molar-refractivity contribution in [2.24, 2.45) is 5.92 Å². The third-order valence-corrected chi connectivity index (χ3v) is 6.93. The van der Waals surface area contributed by atoms with Crippen molar-refractivity contribution >= 4 is 35.1 Å². The Kier molecular flexibility index (Phi) is 5.70. The minimum atomic E-state index is -0.904. The minimum Gasteiger partial charge on any atom is -0.455 e. The van der Waals surface area contributed by atoms with E-state index in [0.29, 0.717) is 56.1 Å². The fraction of sp³-hybridized carbons (Fsp3) is 0.458. The normalized spacial score (nSPS) is 19.8. The number of fused-ring (bicyclic) bond motifs is 1. The average molecular weight is 450 g/mol. The molecule has 3 heterocycles. The van der Waals surface area contributed by atoms with Gasteiger partial charge in [-0.15, -0.1) is 0 Å². The number of aromatic nitrogens is 2. The first-order valence-corrected chi connectivity index (χ1v) is 11.5. The molecule has 5 rings (SSSR count). The zero-order valence-electron chi connectivity index (χ0n) is 18.4. The number of anilines is 3. The van der Waals surface area contributed by atoms with Gasteiger partial charge in [0.25, 0.3) is 11.8 Å². The van der Waals surface area contributed by atoms with E-state index in [1.165, 1.54) is 0 Å². The third-order valence-electron chi connectivity index (χ3n) is 6.93. The van der Waals surface area contributed by atoms with Crippen molar-refractivity contribution in [1.82, 2.24) is 9.97 Å². The summed E-state index contributed by atoms with van der Waals surface area (Å²) in [6, 6.07) is 9.04. The van der Waals surface area contributed by atoms with Crippen molar-refractivity contribution in [2.75, 3.05) is 34.8 Å². The molecule has 0 unspecified atom stereocenters. The summed E-state index contributed by atoms with van der Waals surface area (Å²) in [4.78, 5) is 51.2. The van der Waals surface area contributed by atoms with Crippen molar-refractivity contribution in [3.63, 3.8) is 0 Å². The molecular weight excluding hydrogens is 422 g/mol. The Balaban J connectivity index is 1.24. The maximum atomic E-state index is 13.3. The number of carbonyl (C=O) groups is 3. The van der Waals surface area contributed by atoms with Crippen LogP contribution < -0.4 is 15.1 Å². The van der Waals surface area contributed by atoms with Crippen LogP contribution in [0.2, 0.25) is 0 Å². The van der Waals surface area contributed by atoms with E-state index in [1.807, 2.05) is 23.1 Å². The van der Waals surface area contributed by atoms with Crippen LogP contribution in [-0.4, -0.2) is 53.0 Å². The smallest absolute Gasteiger partial charge is 0.309 e.